The Bertz CT molecular complexity index is 1170. The number of esters is 1. The normalized spacial score (nSPS) is 12.0. The van der Waals surface area contributed by atoms with Gasteiger partial charge in [0.05, 0.1) is 4.90 Å². The molecule has 0 aliphatic heterocycles. The van der Waals surface area contributed by atoms with Crippen molar-refractivity contribution in [3.8, 4) is 5.75 Å². The number of ether oxygens (including phenoxy) is 1. The SMILES string of the molecule is CCC(C)(C)c1ccc(OC(=O)CNc2ccc(S(=O)(=O)[O-])c3ccccc23)cc1. The van der Waals surface area contributed by atoms with Gasteiger partial charge in [0.2, 0.25) is 0 Å². The Morgan fingerprint density at radius 3 is 2.23 bits per heavy atom. The maximum absolute atomic E-state index is 12.3. The number of benzene rings is 3. The third kappa shape index (κ3) is 4.80. The number of anilines is 1. The van der Waals surface area contributed by atoms with E-state index in [0.717, 1.165) is 6.42 Å². The van der Waals surface area contributed by atoms with Crippen LogP contribution in [0.15, 0.2) is 65.6 Å². The average molecular weight is 427 g/mol. The highest BCUT2D eigenvalue weighted by Crippen LogP contribution is 2.30. The second-order valence-electron chi connectivity index (χ2n) is 7.70. The summed E-state index contributed by atoms with van der Waals surface area (Å²) in [7, 11) is -4.60. The second kappa shape index (κ2) is 8.45. The fraction of sp³-hybridized carbons (Fsp3) is 0.261. The molecule has 3 rings (SSSR count). The van der Waals surface area contributed by atoms with Gasteiger partial charge in [-0.15, -0.1) is 0 Å². The van der Waals surface area contributed by atoms with Crippen LogP contribution in [-0.4, -0.2) is 25.5 Å². The van der Waals surface area contributed by atoms with Crippen molar-refractivity contribution in [2.75, 3.05) is 11.9 Å². The Hall–Kier alpha value is -2.90. The maximum atomic E-state index is 12.3. The lowest BCUT2D eigenvalue weighted by Crippen LogP contribution is -2.20. The van der Waals surface area contributed by atoms with E-state index in [1.165, 1.54) is 17.7 Å². The number of fused-ring (bicyclic) bond motifs is 1. The molecule has 0 fully saturated rings. The third-order valence-electron chi connectivity index (χ3n) is 5.33. The highest BCUT2D eigenvalue weighted by molar-refractivity contribution is 7.86. The van der Waals surface area contributed by atoms with Crippen LogP contribution in [0.2, 0.25) is 0 Å². The molecule has 0 aromatic heterocycles. The zero-order chi connectivity index (χ0) is 21.9. The number of nitrogens with one attached hydrogen (secondary N) is 1. The van der Waals surface area contributed by atoms with E-state index in [9.17, 15) is 17.8 Å². The first-order chi connectivity index (χ1) is 14.1. The van der Waals surface area contributed by atoms with E-state index in [1.54, 1.807) is 36.4 Å². The number of hydrogen-bond acceptors (Lipinski definition) is 6. The van der Waals surface area contributed by atoms with Gasteiger partial charge in [0, 0.05) is 16.5 Å². The standard InChI is InChI=1S/C23H25NO5S/c1-4-23(2,3)16-9-11-17(12-10-16)29-22(25)15-24-20-13-14-21(30(26,27)28)19-8-6-5-7-18(19)20/h5-14,24H,4,15H2,1-3H3,(H,26,27,28)/p-1. The van der Waals surface area contributed by atoms with Gasteiger partial charge in [0.1, 0.15) is 22.4 Å². The number of rotatable bonds is 7. The van der Waals surface area contributed by atoms with E-state index in [1.807, 2.05) is 12.1 Å². The molecular weight excluding hydrogens is 402 g/mol. The van der Waals surface area contributed by atoms with Crippen LogP contribution in [-0.2, 0) is 20.3 Å². The Morgan fingerprint density at radius 2 is 1.63 bits per heavy atom. The van der Waals surface area contributed by atoms with Gasteiger partial charge >= 0.3 is 5.97 Å². The monoisotopic (exact) mass is 426 g/mol. The van der Waals surface area contributed by atoms with Crippen molar-refractivity contribution in [3.05, 3.63) is 66.2 Å². The largest absolute Gasteiger partial charge is 0.744 e. The number of carbonyl (C=O) groups excluding carboxylic acids is 1. The van der Waals surface area contributed by atoms with Crippen molar-refractivity contribution >= 4 is 32.5 Å². The smallest absolute Gasteiger partial charge is 0.330 e. The summed E-state index contributed by atoms with van der Waals surface area (Å²) in [6.45, 7) is 6.33. The van der Waals surface area contributed by atoms with Gasteiger partial charge < -0.3 is 14.6 Å². The highest BCUT2D eigenvalue weighted by atomic mass is 32.2. The van der Waals surface area contributed by atoms with Gasteiger partial charge in [-0.1, -0.05) is 57.2 Å². The third-order valence-corrected chi connectivity index (χ3v) is 6.22. The van der Waals surface area contributed by atoms with Crippen molar-refractivity contribution in [1.29, 1.82) is 0 Å². The Balaban J connectivity index is 1.72. The molecule has 3 aromatic carbocycles. The van der Waals surface area contributed by atoms with Crippen LogP contribution < -0.4 is 10.1 Å². The number of hydrogen-bond donors (Lipinski definition) is 1. The predicted octanol–water partition coefficient (Wildman–Crippen LogP) is 4.45. The molecule has 6 nitrogen and oxygen atoms in total. The molecule has 30 heavy (non-hydrogen) atoms. The number of carbonyl (C=O) groups is 1. The zero-order valence-electron chi connectivity index (χ0n) is 17.1. The van der Waals surface area contributed by atoms with Crippen molar-refractivity contribution in [1.82, 2.24) is 0 Å². The van der Waals surface area contributed by atoms with E-state index in [2.05, 4.69) is 26.1 Å². The van der Waals surface area contributed by atoms with E-state index in [4.69, 9.17) is 4.74 Å². The summed E-state index contributed by atoms with van der Waals surface area (Å²) in [5.41, 5.74) is 1.76. The molecule has 0 spiro atoms. The quantitative estimate of drug-likeness (QED) is 0.341. The Labute approximate surface area is 176 Å². The highest BCUT2D eigenvalue weighted by Gasteiger charge is 2.18. The summed E-state index contributed by atoms with van der Waals surface area (Å²) >= 11 is 0. The molecule has 0 amide bonds. The van der Waals surface area contributed by atoms with Crippen LogP contribution in [0.4, 0.5) is 5.69 Å². The molecule has 0 radical (unpaired) electrons. The molecule has 0 saturated carbocycles. The van der Waals surface area contributed by atoms with Crippen molar-refractivity contribution in [2.45, 2.75) is 37.5 Å². The molecule has 158 valence electrons. The predicted molar refractivity (Wildman–Crippen MR) is 116 cm³/mol. The van der Waals surface area contributed by atoms with Crippen molar-refractivity contribution < 1.29 is 22.5 Å². The summed E-state index contributed by atoms with van der Waals surface area (Å²) in [5, 5.41) is 3.80. The zero-order valence-corrected chi connectivity index (χ0v) is 18.0. The van der Waals surface area contributed by atoms with E-state index in [0.29, 0.717) is 22.2 Å². The first-order valence-corrected chi connectivity index (χ1v) is 11.1. The summed E-state index contributed by atoms with van der Waals surface area (Å²) < 4.78 is 39.8. The van der Waals surface area contributed by atoms with Crippen LogP contribution in [0.25, 0.3) is 10.8 Å². The minimum absolute atomic E-state index is 0.0505. The van der Waals surface area contributed by atoms with Gasteiger partial charge in [-0.3, -0.25) is 0 Å². The lowest BCUT2D eigenvalue weighted by molar-refractivity contribution is -0.132. The summed E-state index contributed by atoms with van der Waals surface area (Å²) in [6, 6.07) is 16.8. The minimum Gasteiger partial charge on any atom is -0.744 e. The van der Waals surface area contributed by atoms with Crippen LogP contribution in [0.5, 0.6) is 5.75 Å². The Kier molecular flexibility index (Phi) is 6.14. The van der Waals surface area contributed by atoms with E-state index in [-0.39, 0.29) is 16.9 Å². The van der Waals surface area contributed by atoms with Gasteiger partial charge in [-0.25, -0.2) is 13.2 Å². The van der Waals surface area contributed by atoms with Crippen LogP contribution in [0.1, 0.15) is 32.8 Å². The molecule has 0 unspecified atom stereocenters. The summed E-state index contributed by atoms with van der Waals surface area (Å²) in [6.07, 6.45) is 0.996. The van der Waals surface area contributed by atoms with E-state index >= 15 is 0 Å². The maximum Gasteiger partial charge on any atom is 0.330 e. The molecule has 0 saturated heterocycles. The molecule has 0 aliphatic carbocycles. The molecule has 1 N–H and O–H groups in total. The van der Waals surface area contributed by atoms with Crippen LogP contribution in [0.3, 0.4) is 0 Å². The molecule has 0 atom stereocenters. The van der Waals surface area contributed by atoms with Gasteiger partial charge in [0.25, 0.3) is 0 Å². The molecule has 0 aliphatic rings. The van der Waals surface area contributed by atoms with Crippen molar-refractivity contribution in [2.24, 2.45) is 0 Å². The molecule has 3 aromatic rings. The second-order valence-corrected chi connectivity index (χ2v) is 9.05. The van der Waals surface area contributed by atoms with E-state index < -0.39 is 16.1 Å². The molecular formula is C23H24NO5S-. The fourth-order valence-electron chi connectivity index (χ4n) is 3.16. The first kappa shape index (κ1) is 21.8. The molecule has 0 bridgehead atoms. The minimum atomic E-state index is -4.60. The molecule has 0 heterocycles. The first-order valence-electron chi connectivity index (χ1n) is 9.64. The lowest BCUT2D eigenvalue weighted by Gasteiger charge is -2.23. The Morgan fingerprint density at radius 1 is 1.00 bits per heavy atom. The van der Waals surface area contributed by atoms with Gasteiger partial charge in [0.15, 0.2) is 0 Å². The summed E-state index contributed by atoms with van der Waals surface area (Å²) in [4.78, 5) is 12.0. The topological polar surface area (TPSA) is 95.5 Å². The van der Waals surface area contributed by atoms with Crippen LogP contribution >= 0.6 is 0 Å². The summed E-state index contributed by atoms with van der Waals surface area (Å²) in [5.74, 6) is -0.0304. The van der Waals surface area contributed by atoms with Crippen molar-refractivity contribution in [3.63, 3.8) is 0 Å². The average Bonchev–Trinajstić information content (AvgIpc) is 2.71. The lowest BCUT2D eigenvalue weighted by atomic mass is 9.82. The molecule has 7 heteroatoms. The van der Waals surface area contributed by atoms with Gasteiger partial charge in [-0.05, 0) is 41.7 Å². The van der Waals surface area contributed by atoms with Crippen LogP contribution in [0, 0.1) is 0 Å². The fourth-order valence-corrected chi connectivity index (χ4v) is 3.84. The van der Waals surface area contributed by atoms with Gasteiger partial charge in [-0.2, -0.15) is 0 Å².